The number of carbonyl (C=O) groups excluding carboxylic acids is 2. The first kappa shape index (κ1) is 23.8. The number of unbranched alkanes of at least 4 members (excludes halogenated alkanes) is 7. The van der Waals surface area contributed by atoms with E-state index in [1.165, 1.54) is 62.4 Å². The lowest BCUT2D eigenvalue weighted by Crippen LogP contribution is -2.15. The summed E-state index contributed by atoms with van der Waals surface area (Å²) in [6, 6.07) is 8.23. The van der Waals surface area contributed by atoms with Gasteiger partial charge in [0.25, 0.3) is 0 Å². The third-order valence-corrected chi connectivity index (χ3v) is 4.81. The van der Waals surface area contributed by atoms with Crippen molar-refractivity contribution in [1.82, 2.24) is 4.98 Å². The molecule has 0 unspecified atom stereocenters. The molecule has 1 aromatic heterocycles. The van der Waals surface area contributed by atoms with Crippen molar-refractivity contribution in [2.24, 2.45) is 0 Å². The number of ether oxygens (including phenoxy) is 2. The van der Waals surface area contributed by atoms with Crippen LogP contribution < -0.4 is 4.74 Å². The average molecular weight is 436 g/mol. The summed E-state index contributed by atoms with van der Waals surface area (Å²) in [5, 5.41) is -0.0377. The van der Waals surface area contributed by atoms with E-state index in [1.54, 1.807) is 0 Å². The zero-order chi connectivity index (χ0) is 21.8. The van der Waals surface area contributed by atoms with Gasteiger partial charge in [-0.2, -0.15) is 0 Å². The zero-order valence-electron chi connectivity index (χ0n) is 17.2. The van der Waals surface area contributed by atoms with E-state index in [1.807, 2.05) is 0 Å². The smallest absolute Gasteiger partial charge is 0.362 e. The summed E-state index contributed by atoms with van der Waals surface area (Å²) in [6.45, 7) is 2.50. The van der Waals surface area contributed by atoms with Gasteiger partial charge in [0.15, 0.2) is 11.6 Å². The molecule has 5 nitrogen and oxygen atoms in total. The number of carbonyl (C=O) groups is 2. The van der Waals surface area contributed by atoms with Gasteiger partial charge in [-0.1, -0.05) is 75.6 Å². The third-order valence-electron chi connectivity index (χ3n) is 4.51. The molecule has 162 valence electrons. The van der Waals surface area contributed by atoms with E-state index in [-0.39, 0.29) is 22.2 Å². The first-order valence-corrected chi connectivity index (χ1v) is 10.7. The second-order valence-corrected chi connectivity index (χ2v) is 7.37. The average Bonchev–Trinajstić information content (AvgIpc) is 2.75. The van der Waals surface area contributed by atoms with E-state index in [2.05, 4.69) is 11.9 Å². The minimum absolute atomic E-state index is 0.0105. The van der Waals surface area contributed by atoms with Gasteiger partial charge < -0.3 is 9.47 Å². The molecule has 0 fully saturated rings. The van der Waals surface area contributed by atoms with Crippen molar-refractivity contribution in [3.63, 3.8) is 0 Å². The Morgan fingerprint density at radius 3 is 2.17 bits per heavy atom. The number of rotatable bonds is 12. The summed E-state index contributed by atoms with van der Waals surface area (Å²) in [5.41, 5.74) is -0.153. The number of hydrogen-bond donors (Lipinski definition) is 0. The highest BCUT2D eigenvalue weighted by molar-refractivity contribution is 6.32. The number of pyridine rings is 1. The second-order valence-electron chi connectivity index (χ2n) is 6.96. The Balaban J connectivity index is 1.80. The van der Waals surface area contributed by atoms with E-state index >= 15 is 0 Å². The summed E-state index contributed by atoms with van der Waals surface area (Å²) >= 11 is 5.86. The molecule has 0 aliphatic heterocycles. The van der Waals surface area contributed by atoms with E-state index < -0.39 is 17.8 Å². The minimum Gasteiger partial charge on any atom is -0.461 e. The van der Waals surface area contributed by atoms with Gasteiger partial charge >= 0.3 is 11.9 Å². The molecule has 0 aliphatic carbocycles. The summed E-state index contributed by atoms with van der Waals surface area (Å²) < 4.78 is 24.0. The summed E-state index contributed by atoms with van der Waals surface area (Å²) in [4.78, 5) is 28.4. The predicted molar refractivity (Wildman–Crippen MR) is 113 cm³/mol. The van der Waals surface area contributed by atoms with E-state index in [0.29, 0.717) is 6.61 Å². The molecule has 0 amide bonds. The molecule has 1 heterocycles. The molecular weight excluding hydrogens is 409 g/mol. The fourth-order valence-electron chi connectivity index (χ4n) is 2.86. The van der Waals surface area contributed by atoms with Gasteiger partial charge in [0.1, 0.15) is 11.4 Å². The van der Waals surface area contributed by atoms with Crippen LogP contribution in [0.4, 0.5) is 4.39 Å². The molecule has 0 radical (unpaired) electrons. The van der Waals surface area contributed by atoms with Crippen molar-refractivity contribution in [2.45, 2.75) is 58.3 Å². The van der Waals surface area contributed by atoms with Gasteiger partial charge in [-0.05, 0) is 30.7 Å². The van der Waals surface area contributed by atoms with Crippen molar-refractivity contribution < 1.29 is 23.5 Å². The van der Waals surface area contributed by atoms with Crippen molar-refractivity contribution in [2.75, 3.05) is 6.61 Å². The molecule has 2 rings (SSSR count). The number of esters is 2. The van der Waals surface area contributed by atoms with Gasteiger partial charge in [-0.15, -0.1) is 0 Å². The Bertz CT molecular complexity index is 823. The molecular formula is C23H27ClFNO4. The molecule has 0 spiro atoms. The monoisotopic (exact) mass is 435 g/mol. The van der Waals surface area contributed by atoms with Crippen LogP contribution in [0.3, 0.4) is 0 Å². The highest BCUT2D eigenvalue weighted by Gasteiger charge is 2.18. The number of para-hydroxylation sites is 1. The number of hydrogen-bond acceptors (Lipinski definition) is 5. The standard InChI is InChI=1S/C23H27ClFNO4/c1-2-3-4-5-6-7-8-9-16-29-22(27)19-14-11-15-20(26-19)23(28)30-21-17(24)12-10-13-18(21)25/h10-15H,2-9,16H2,1H3. The van der Waals surface area contributed by atoms with Crippen LogP contribution in [0, 0.1) is 5.82 Å². The fourth-order valence-corrected chi connectivity index (χ4v) is 3.06. The van der Waals surface area contributed by atoms with Gasteiger partial charge in [0, 0.05) is 0 Å². The summed E-state index contributed by atoms with van der Waals surface area (Å²) in [6.07, 6.45) is 9.16. The Kier molecular flexibility index (Phi) is 10.3. The van der Waals surface area contributed by atoms with Crippen LogP contribution >= 0.6 is 11.6 Å². The van der Waals surface area contributed by atoms with Gasteiger partial charge in [0.05, 0.1) is 11.6 Å². The topological polar surface area (TPSA) is 65.5 Å². The van der Waals surface area contributed by atoms with Gasteiger partial charge in [-0.25, -0.2) is 19.0 Å². The predicted octanol–water partition coefficient (Wildman–Crippen LogP) is 6.39. The highest BCUT2D eigenvalue weighted by atomic mass is 35.5. The van der Waals surface area contributed by atoms with Crippen LogP contribution in [0.2, 0.25) is 5.02 Å². The minimum atomic E-state index is -0.917. The molecule has 0 atom stereocenters. The lowest BCUT2D eigenvalue weighted by atomic mass is 10.1. The largest absolute Gasteiger partial charge is 0.461 e. The van der Waals surface area contributed by atoms with Crippen LogP contribution in [0.25, 0.3) is 0 Å². The lowest BCUT2D eigenvalue weighted by Gasteiger charge is -2.08. The van der Waals surface area contributed by atoms with Crippen molar-refractivity contribution >= 4 is 23.5 Å². The van der Waals surface area contributed by atoms with Gasteiger partial charge in [-0.3, -0.25) is 0 Å². The first-order chi connectivity index (χ1) is 14.5. The zero-order valence-corrected chi connectivity index (χ0v) is 17.9. The van der Waals surface area contributed by atoms with Crippen LogP contribution in [0.5, 0.6) is 5.75 Å². The maximum absolute atomic E-state index is 13.8. The van der Waals surface area contributed by atoms with Crippen molar-refractivity contribution in [3.05, 3.63) is 58.6 Å². The SMILES string of the molecule is CCCCCCCCCCOC(=O)c1cccc(C(=O)Oc2c(F)cccc2Cl)n1. The van der Waals surface area contributed by atoms with Crippen molar-refractivity contribution in [3.8, 4) is 5.75 Å². The fraction of sp³-hybridized carbons (Fsp3) is 0.435. The maximum atomic E-state index is 13.8. The molecule has 0 N–H and O–H groups in total. The second kappa shape index (κ2) is 13.0. The molecule has 0 aliphatic rings. The van der Waals surface area contributed by atoms with Crippen molar-refractivity contribution in [1.29, 1.82) is 0 Å². The third kappa shape index (κ3) is 7.75. The van der Waals surface area contributed by atoms with E-state index in [4.69, 9.17) is 21.1 Å². The van der Waals surface area contributed by atoms with Crippen LogP contribution in [0.15, 0.2) is 36.4 Å². The lowest BCUT2D eigenvalue weighted by molar-refractivity contribution is 0.0490. The summed E-state index contributed by atoms with van der Waals surface area (Å²) in [5.74, 6) is -2.68. The van der Waals surface area contributed by atoms with Crippen LogP contribution in [0.1, 0.15) is 79.3 Å². The summed E-state index contributed by atoms with van der Waals surface area (Å²) in [7, 11) is 0. The highest BCUT2D eigenvalue weighted by Crippen LogP contribution is 2.27. The normalized spacial score (nSPS) is 10.6. The van der Waals surface area contributed by atoms with E-state index in [0.717, 1.165) is 25.3 Å². The molecule has 0 bridgehead atoms. The molecule has 2 aromatic rings. The molecule has 7 heteroatoms. The van der Waals surface area contributed by atoms with Crippen LogP contribution in [-0.2, 0) is 4.74 Å². The first-order valence-electron chi connectivity index (χ1n) is 10.3. The van der Waals surface area contributed by atoms with Gasteiger partial charge in [0.2, 0.25) is 0 Å². The molecule has 0 saturated carbocycles. The number of halogens is 2. The molecule has 30 heavy (non-hydrogen) atoms. The molecule has 0 saturated heterocycles. The maximum Gasteiger partial charge on any atom is 0.362 e. The van der Waals surface area contributed by atoms with E-state index in [9.17, 15) is 14.0 Å². The Morgan fingerprint density at radius 1 is 0.900 bits per heavy atom. The number of nitrogens with zero attached hydrogens (tertiary/aromatic N) is 1. The number of aromatic nitrogens is 1. The Labute approximate surface area is 181 Å². The van der Waals surface area contributed by atoms with Crippen LogP contribution in [-0.4, -0.2) is 23.5 Å². The number of benzene rings is 1. The Morgan fingerprint density at radius 2 is 1.50 bits per heavy atom. The molecule has 1 aromatic carbocycles. The Hall–Kier alpha value is -2.47. The quantitative estimate of drug-likeness (QED) is 0.219.